The lowest BCUT2D eigenvalue weighted by Crippen LogP contribution is -2.16. The second-order valence-corrected chi connectivity index (χ2v) is 10.4. The number of Topliss-reactive ketones (excluding diaryl/α,β-unsaturated/α-hetero) is 1. The second kappa shape index (κ2) is 11.8. The summed E-state index contributed by atoms with van der Waals surface area (Å²) in [6, 6.07) is 18.9. The van der Waals surface area contributed by atoms with Crippen molar-refractivity contribution in [2.45, 2.75) is 85.2 Å². The summed E-state index contributed by atoms with van der Waals surface area (Å²) in [4.78, 5) is 11.5. The van der Waals surface area contributed by atoms with Crippen LogP contribution >= 0.6 is 0 Å². The molecule has 0 spiro atoms. The minimum absolute atomic E-state index is 0.125. The van der Waals surface area contributed by atoms with Crippen LogP contribution in [0.4, 0.5) is 0 Å². The van der Waals surface area contributed by atoms with Gasteiger partial charge in [0, 0.05) is 5.92 Å². The number of hydrogen-bond acceptors (Lipinski definition) is 2. The van der Waals surface area contributed by atoms with Crippen LogP contribution in [0.1, 0.15) is 76.5 Å². The molecule has 1 heterocycles. The Balaban J connectivity index is 0.000000145. The molecule has 3 aliphatic rings. The van der Waals surface area contributed by atoms with E-state index in [1.54, 1.807) is 18.1 Å². The molecule has 2 atom stereocenters. The molecular weight excluding hydrogens is 392 g/mol. The molecule has 1 aliphatic heterocycles. The van der Waals surface area contributed by atoms with Crippen LogP contribution < -0.4 is 0 Å². The minimum Gasteiger partial charge on any atom is -0.373 e. The molecule has 2 fully saturated rings. The topological polar surface area (TPSA) is 29.6 Å². The summed E-state index contributed by atoms with van der Waals surface area (Å²) in [5, 5.41) is 0. The van der Waals surface area contributed by atoms with Gasteiger partial charge in [-0.2, -0.15) is 0 Å². The predicted octanol–water partition coefficient (Wildman–Crippen LogP) is 7.23. The highest BCUT2D eigenvalue weighted by Crippen LogP contribution is 2.46. The molecule has 2 unspecified atom stereocenters. The summed E-state index contributed by atoms with van der Waals surface area (Å²) in [6.45, 7) is 9.56. The van der Waals surface area contributed by atoms with Gasteiger partial charge in [-0.25, -0.2) is 0 Å². The van der Waals surface area contributed by atoms with Gasteiger partial charge in [-0.15, -0.1) is 0 Å². The van der Waals surface area contributed by atoms with Crippen molar-refractivity contribution in [2.75, 3.05) is 6.61 Å². The van der Waals surface area contributed by atoms with E-state index in [1.807, 2.05) is 18.2 Å². The number of ketones is 1. The molecule has 2 aromatic rings. The zero-order valence-electron chi connectivity index (χ0n) is 20.6. The van der Waals surface area contributed by atoms with Gasteiger partial charge in [-0.3, -0.25) is 4.79 Å². The summed E-state index contributed by atoms with van der Waals surface area (Å²) in [5.74, 6) is 1.46. The van der Waals surface area contributed by atoms with Gasteiger partial charge in [-0.05, 0) is 79.9 Å². The maximum absolute atomic E-state index is 11.5. The largest absolute Gasteiger partial charge is 0.373 e. The van der Waals surface area contributed by atoms with Crippen molar-refractivity contribution in [1.29, 1.82) is 0 Å². The molecule has 0 N–H and O–H groups in total. The Morgan fingerprint density at radius 2 is 1.56 bits per heavy atom. The molecule has 174 valence electrons. The molecule has 0 amide bonds. The Morgan fingerprint density at radius 3 is 2.00 bits per heavy atom. The van der Waals surface area contributed by atoms with E-state index in [0.717, 1.165) is 25.4 Å². The van der Waals surface area contributed by atoms with Crippen LogP contribution in [0.3, 0.4) is 0 Å². The van der Waals surface area contributed by atoms with Crippen LogP contribution in [0.2, 0.25) is 0 Å². The maximum Gasteiger partial charge on any atom is 0.133 e. The Hall–Kier alpha value is -1.93. The number of rotatable bonds is 7. The van der Waals surface area contributed by atoms with Crippen LogP contribution in [0.25, 0.3) is 0 Å². The summed E-state index contributed by atoms with van der Waals surface area (Å²) >= 11 is 0. The van der Waals surface area contributed by atoms with E-state index in [4.69, 9.17) is 4.74 Å². The number of aryl methyl sites for hydroxylation is 2. The molecule has 32 heavy (non-hydrogen) atoms. The molecule has 0 radical (unpaired) electrons. The normalized spacial score (nSPS) is 19.6. The van der Waals surface area contributed by atoms with Crippen molar-refractivity contribution in [3.05, 3.63) is 71.3 Å². The molecule has 2 aromatic carbocycles. The van der Waals surface area contributed by atoms with Crippen LogP contribution in [-0.4, -0.2) is 18.5 Å². The first-order valence-corrected chi connectivity index (χ1v) is 12.6. The summed E-state index contributed by atoms with van der Waals surface area (Å²) in [7, 11) is 0. The van der Waals surface area contributed by atoms with E-state index in [1.165, 1.54) is 44.1 Å². The minimum atomic E-state index is 0.125. The van der Waals surface area contributed by atoms with Gasteiger partial charge in [0.1, 0.15) is 5.78 Å². The number of benzene rings is 2. The van der Waals surface area contributed by atoms with E-state index in [2.05, 4.69) is 57.2 Å². The predicted molar refractivity (Wildman–Crippen MR) is 134 cm³/mol. The monoisotopic (exact) mass is 434 g/mol. The van der Waals surface area contributed by atoms with Gasteiger partial charge in [0.2, 0.25) is 0 Å². The third-order valence-corrected chi connectivity index (χ3v) is 7.45. The highest BCUT2D eigenvalue weighted by Gasteiger charge is 2.35. The lowest BCUT2D eigenvalue weighted by atomic mass is 9.85. The number of ether oxygens (including phenoxy) is 1. The van der Waals surface area contributed by atoms with Gasteiger partial charge in [0.25, 0.3) is 0 Å². The third kappa shape index (κ3) is 8.20. The first kappa shape index (κ1) is 24.7. The molecular formula is C30H42O2. The van der Waals surface area contributed by atoms with Gasteiger partial charge in [0.05, 0.1) is 12.7 Å². The molecule has 0 aromatic heterocycles. The zero-order valence-corrected chi connectivity index (χ0v) is 20.6. The Morgan fingerprint density at radius 1 is 1.00 bits per heavy atom. The zero-order chi connectivity index (χ0) is 23.0. The van der Waals surface area contributed by atoms with Crippen LogP contribution in [0, 0.1) is 17.3 Å². The van der Waals surface area contributed by atoms with Crippen molar-refractivity contribution < 1.29 is 9.53 Å². The molecule has 2 heteroatoms. The van der Waals surface area contributed by atoms with Crippen LogP contribution in [-0.2, 0) is 28.8 Å². The van der Waals surface area contributed by atoms with Gasteiger partial charge < -0.3 is 4.74 Å². The summed E-state index contributed by atoms with van der Waals surface area (Å²) in [6.07, 6.45) is 10.3. The van der Waals surface area contributed by atoms with E-state index >= 15 is 0 Å². The van der Waals surface area contributed by atoms with Crippen LogP contribution in [0.15, 0.2) is 54.6 Å². The number of hydrogen-bond donors (Lipinski definition) is 0. The van der Waals surface area contributed by atoms with E-state index in [0.29, 0.717) is 11.5 Å². The summed E-state index contributed by atoms with van der Waals surface area (Å²) in [5.41, 5.74) is 5.02. The van der Waals surface area contributed by atoms with Crippen molar-refractivity contribution >= 4 is 5.78 Å². The average Bonchev–Trinajstić information content (AvgIpc) is 3.73. The maximum atomic E-state index is 11.5. The first-order chi connectivity index (χ1) is 15.4. The Kier molecular flexibility index (Phi) is 9.11. The fourth-order valence-electron chi connectivity index (χ4n) is 4.48. The number of carbonyl (C=O) groups is 1. The van der Waals surface area contributed by atoms with Crippen molar-refractivity contribution in [3.63, 3.8) is 0 Å². The lowest BCUT2D eigenvalue weighted by Gasteiger charge is -2.21. The summed E-state index contributed by atoms with van der Waals surface area (Å²) < 4.78 is 5.17. The molecule has 2 aliphatic carbocycles. The third-order valence-electron chi connectivity index (χ3n) is 7.45. The van der Waals surface area contributed by atoms with Gasteiger partial charge >= 0.3 is 0 Å². The Labute approximate surface area is 195 Å². The lowest BCUT2D eigenvalue weighted by molar-refractivity contribution is -0.121. The van der Waals surface area contributed by atoms with Gasteiger partial charge in [0.15, 0.2) is 0 Å². The molecule has 1 saturated carbocycles. The number of carbonyl (C=O) groups excluding carboxylic acids is 1. The highest BCUT2D eigenvalue weighted by molar-refractivity contribution is 5.78. The fraction of sp³-hybridized carbons (Fsp3) is 0.567. The smallest absolute Gasteiger partial charge is 0.133 e. The second-order valence-electron chi connectivity index (χ2n) is 10.4. The van der Waals surface area contributed by atoms with Crippen molar-refractivity contribution in [2.24, 2.45) is 17.3 Å². The van der Waals surface area contributed by atoms with Crippen LogP contribution in [0.5, 0.6) is 0 Å². The van der Waals surface area contributed by atoms with Gasteiger partial charge in [-0.1, -0.05) is 81.8 Å². The quantitative estimate of drug-likeness (QED) is 0.430. The number of epoxide rings is 1. The molecule has 2 nitrogen and oxygen atoms in total. The van der Waals surface area contributed by atoms with E-state index in [9.17, 15) is 4.79 Å². The molecule has 5 rings (SSSR count). The highest BCUT2D eigenvalue weighted by atomic mass is 16.6. The standard InChI is InChI=1S/C13H16O2.C9H10.C8H16/c1-10(14)12(8-13-9-15-13)7-11-5-3-2-4-6-11;1-2-5-9-7-3-6-8(9)4-1;1-4-8(2,3)7-5-6-7/h2-6,12-13H,7-9H2,1H3;1-2,4-5H,3,6-7H2;7H,4-6H2,1-3H3. The van der Waals surface area contributed by atoms with E-state index in [-0.39, 0.29) is 11.7 Å². The van der Waals surface area contributed by atoms with E-state index < -0.39 is 0 Å². The molecule has 1 saturated heterocycles. The SMILES string of the molecule is CC(=O)C(Cc1ccccc1)CC1CO1.CCC(C)(C)C1CC1.c1ccc2c(c1)CCC2. The van der Waals surface area contributed by atoms with Crippen molar-refractivity contribution in [3.8, 4) is 0 Å². The first-order valence-electron chi connectivity index (χ1n) is 12.6. The average molecular weight is 435 g/mol. The number of fused-ring (bicyclic) bond motifs is 1. The fourth-order valence-corrected chi connectivity index (χ4v) is 4.48. The molecule has 0 bridgehead atoms. The van der Waals surface area contributed by atoms with Crippen molar-refractivity contribution in [1.82, 2.24) is 0 Å². The Bertz CT molecular complexity index is 808.